The second-order valence-corrected chi connectivity index (χ2v) is 9.89. The van der Waals surface area contributed by atoms with Crippen molar-refractivity contribution < 1.29 is 20.1 Å². The van der Waals surface area contributed by atoms with Gasteiger partial charge in [0.1, 0.15) is 11.5 Å². The topological polar surface area (TPSA) is 93.0 Å². The average Bonchev–Trinajstić information content (AvgIpc) is 2.78. The third-order valence-corrected chi connectivity index (χ3v) is 6.12. The number of anilines is 1. The van der Waals surface area contributed by atoms with Gasteiger partial charge in [0, 0.05) is 42.3 Å². The number of carbonyl (C=O) groups is 1. The van der Waals surface area contributed by atoms with Crippen LogP contribution in [0.2, 0.25) is 5.02 Å². The van der Waals surface area contributed by atoms with Crippen molar-refractivity contribution >= 4 is 23.2 Å². The molecule has 1 amide bonds. The Bertz CT molecular complexity index is 1130. The molecule has 3 aromatic rings. The number of β-amino-alcohol motifs (C(OH)–C–C–N with tert-alkyl or cyclic N) is 1. The Labute approximate surface area is 211 Å². The molecule has 0 heterocycles. The number of aliphatic hydroxyl groups excluding tert-OH is 1. The SMILES string of the molecule is CC(=O)N(CCc1ccc(Cl)cc1)c1cccc(CC(C)(C)NCC(O)c2cc(O)cc(O)c2)c1. The standard InChI is InChI=1S/C28H33ClN2O4/c1-19(32)31(12-11-20-7-9-23(29)10-8-20)24-6-4-5-21(13-24)17-28(2,3)30-18-27(35)22-14-25(33)16-26(34)15-22/h4-10,13-16,27,30,33-35H,11-12,17-18H2,1-3H3. The molecule has 0 bridgehead atoms. The molecular formula is C28H33ClN2O4. The highest BCUT2D eigenvalue weighted by Crippen LogP contribution is 2.26. The number of benzene rings is 3. The minimum atomic E-state index is -0.889. The van der Waals surface area contributed by atoms with Gasteiger partial charge in [-0.05, 0) is 79.8 Å². The lowest BCUT2D eigenvalue weighted by Crippen LogP contribution is -2.43. The second-order valence-electron chi connectivity index (χ2n) is 9.46. The molecule has 0 aliphatic carbocycles. The summed E-state index contributed by atoms with van der Waals surface area (Å²) in [6.07, 6.45) is 0.498. The van der Waals surface area contributed by atoms with Crippen molar-refractivity contribution in [1.29, 1.82) is 0 Å². The van der Waals surface area contributed by atoms with Crippen molar-refractivity contribution in [3.8, 4) is 11.5 Å². The van der Waals surface area contributed by atoms with Crippen LogP contribution in [-0.2, 0) is 17.6 Å². The fourth-order valence-corrected chi connectivity index (χ4v) is 4.19. The molecule has 1 unspecified atom stereocenters. The number of hydrogen-bond donors (Lipinski definition) is 4. The number of phenolic OH excluding ortho intramolecular Hbond substituents is 2. The maximum atomic E-state index is 12.4. The molecule has 186 valence electrons. The number of rotatable bonds is 10. The van der Waals surface area contributed by atoms with Crippen LogP contribution < -0.4 is 10.2 Å². The monoisotopic (exact) mass is 496 g/mol. The van der Waals surface area contributed by atoms with Crippen molar-refractivity contribution in [3.63, 3.8) is 0 Å². The molecule has 0 radical (unpaired) electrons. The largest absolute Gasteiger partial charge is 0.508 e. The molecule has 0 saturated heterocycles. The Morgan fingerprint density at radius 1 is 1.00 bits per heavy atom. The molecule has 7 heteroatoms. The van der Waals surface area contributed by atoms with Crippen molar-refractivity contribution in [2.45, 2.75) is 45.3 Å². The lowest BCUT2D eigenvalue weighted by molar-refractivity contribution is -0.116. The van der Waals surface area contributed by atoms with Gasteiger partial charge in [-0.25, -0.2) is 0 Å². The molecule has 3 aromatic carbocycles. The van der Waals surface area contributed by atoms with E-state index in [0.29, 0.717) is 23.6 Å². The van der Waals surface area contributed by atoms with E-state index in [1.807, 2.05) is 62.4 Å². The van der Waals surface area contributed by atoms with E-state index in [4.69, 9.17) is 11.6 Å². The highest BCUT2D eigenvalue weighted by Gasteiger charge is 2.21. The number of carbonyl (C=O) groups excluding carboxylic acids is 1. The zero-order chi connectivity index (χ0) is 25.6. The summed E-state index contributed by atoms with van der Waals surface area (Å²) in [4.78, 5) is 14.2. The fourth-order valence-electron chi connectivity index (χ4n) is 4.07. The molecule has 0 fully saturated rings. The predicted octanol–water partition coefficient (Wildman–Crippen LogP) is 4.99. The van der Waals surface area contributed by atoms with Gasteiger partial charge in [-0.15, -0.1) is 0 Å². The molecule has 3 rings (SSSR count). The summed E-state index contributed by atoms with van der Waals surface area (Å²) in [7, 11) is 0. The maximum absolute atomic E-state index is 12.4. The molecule has 0 spiro atoms. The zero-order valence-corrected chi connectivity index (χ0v) is 21.1. The molecule has 35 heavy (non-hydrogen) atoms. The first-order valence-corrected chi connectivity index (χ1v) is 12.0. The summed E-state index contributed by atoms with van der Waals surface area (Å²) < 4.78 is 0. The van der Waals surface area contributed by atoms with Crippen LogP contribution in [0.25, 0.3) is 0 Å². The lowest BCUT2D eigenvalue weighted by atomic mass is 9.94. The van der Waals surface area contributed by atoms with E-state index in [2.05, 4.69) is 5.32 Å². The highest BCUT2D eigenvalue weighted by atomic mass is 35.5. The molecule has 6 nitrogen and oxygen atoms in total. The van der Waals surface area contributed by atoms with Gasteiger partial charge in [0.25, 0.3) is 0 Å². The number of amides is 1. The van der Waals surface area contributed by atoms with Crippen molar-refractivity contribution in [2.24, 2.45) is 0 Å². The van der Waals surface area contributed by atoms with Crippen molar-refractivity contribution in [1.82, 2.24) is 5.32 Å². The van der Waals surface area contributed by atoms with Gasteiger partial charge in [-0.2, -0.15) is 0 Å². The van der Waals surface area contributed by atoms with Crippen molar-refractivity contribution in [2.75, 3.05) is 18.0 Å². The summed E-state index contributed by atoms with van der Waals surface area (Å²) in [5, 5.41) is 33.9. The summed E-state index contributed by atoms with van der Waals surface area (Å²) in [5.74, 6) is -0.214. The number of aromatic hydroxyl groups is 2. The van der Waals surface area contributed by atoms with Gasteiger partial charge < -0.3 is 25.5 Å². The van der Waals surface area contributed by atoms with Gasteiger partial charge in [0.05, 0.1) is 6.10 Å². The number of halogens is 1. The molecule has 4 N–H and O–H groups in total. The molecule has 0 saturated carbocycles. The number of nitrogens with one attached hydrogen (secondary N) is 1. The third-order valence-electron chi connectivity index (χ3n) is 5.87. The van der Waals surface area contributed by atoms with Gasteiger partial charge in [-0.1, -0.05) is 35.9 Å². The summed E-state index contributed by atoms with van der Waals surface area (Å²) in [6.45, 7) is 6.45. The third kappa shape index (κ3) is 7.99. The average molecular weight is 497 g/mol. The first-order chi connectivity index (χ1) is 16.5. The molecule has 0 aliphatic rings. The number of nitrogens with zero attached hydrogens (tertiary/aromatic N) is 1. The summed E-state index contributed by atoms with van der Waals surface area (Å²) in [5.41, 5.74) is 3.09. The second kappa shape index (κ2) is 11.6. The minimum Gasteiger partial charge on any atom is -0.508 e. The first kappa shape index (κ1) is 26.5. The van der Waals surface area contributed by atoms with E-state index in [0.717, 1.165) is 23.2 Å². The van der Waals surface area contributed by atoms with Crippen molar-refractivity contribution in [3.05, 3.63) is 88.4 Å². The quantitative estimate of drug-likeness (QED) is 0.317. The minimum absolute atomic E-state index is 0.0222. The van der Waals surface area contributed by atoms with Gasteiger partial charge in [0.15, 0.2) is 0 Å². The Kier molecular flexibility index (Phi) is 8.78. The van der Waals surface area contributed by atoms with Crippen LogP contribution in [0.5, 0.6) is 11.5 Å². The molecule has 0 aromatic heterocycles. The van der Waals surface area contributed by atoms with Crippen LogP contribution >= 0.6 is 11.6 Å². The van der Waals surface area contributed by atoms with E-state index in [1.54, 1.807) is 11.8 Å². The number of aliphatic hydroxyl groups is 1. The number of hydrogen-bond acceptors (Lipinski definition) is 5. The van der Waals surface area contributed by atoms with Gasteiger partial charge >= 0.3 is 0 Å². The normalized spacial score (nSPS) is 12.4. The lowest BCUT2D eigenvalue weighted by Gasteiger charge is -2.29. The van der Waals surface area contributed by atoms with Crippen LogP contribution in [0.1, 0.15) is 43.6 Å². The van der Waals surface area contributed by atoms with Crippen LogP contribution in [0.15, 0.2) is 66.7 Å². The van der Waals surface area contributed by atoms with E-state index >= 15 is 0 Å². The Hall–Kier alpha value is -3.06. The molecule has 0 aliphatic heterocycles. The van der Waals surface area contributed by atoms with Gasteiger partial charge in [-0.3, -0.25) is 4.79 Å². The summed E-state index contributed by atoms with van der Waals surface area (Å²) >= 11 is 5.97. The van der Waals surface area contributed by atoms with Crippen LogP contribution in [0.3, 0.4) is 0 Å². The first-order valence-electron chi connectivity index (χ1n) is 11.6. The fraction of sp³-hybridized carbons (Fsp3) is 0.321. The molecule has 1 atom stereocenters. The van der Waals surface area contributed by atoms with E-state index in [-0.39, 0.29) is 29.5 Å². The smallest absolute Gasteiger partial charge is 0.223 e. The Morgan fingerprint density at radius 2 is 1.66 bits per heavy atom. The van der Waals surface area contributed by atoms with E-state index in [1.165, 1.54) is 18.2 Å². The van der Waals surface area contributed by atoms with Crippen LogP contribution in [0, 0.1) is 0 Å². The van der Waals surface area contributed by atoms with E-state index in [9.17, 15) is 20.1 Å². The predicted molar refractivity (Wildman–Crippen MR) is 140 cm³/mol. The Balaban J connectivity index is 1.64. The zero-order valence-electron chi connectivity index (χ0n) is 20.3. The van der Waals surface area contributed by atoms with Crippen LogP contribution in [0.4, 0.5) is 5.69 Å². The van der Waals surface area contributed by atoms with Gasteiger partial charge in [0.2, 0.25) is 5.91 Å². The van der Waals surface area contributed by atoms with Crippen LogP contribution in [-0.4, -0.2) is 39.9 Å². The maximum Gasteiger partial charge on any atom is 0.223 e. The van der Waals surface area contributed by atoms with E-state index < -0.39 is 6.10 Å². The Morgan fingerprint density at radius 3 is 2.29 bits per heavy atom. The molecular weight excluding hydrogens is 464 g/mol. The summed E-state index contributed by atoms with van der Waals surface area (Å²) in [6, 6.07) is 19.7. The highest BCUT2D eigenvalue weighted by molar-refractivity contribution is 6.30. The number of phenols is 2.